The molecule has 0 radical (unpaired) electrons. The normalized spacial score (nSPS) is 16.1. The number of hydrogen-bond donors (Lipinski definition) is 0. The van der Waals surface area contributed by atoms with Gasteiger partial charge in [-0.25, -0.2) is 0 Å². The molecule has 2 atom stereocenters. The number of alkyl halides is 6. The minimum atomic E-state index is -5.00. The SMILES string of the molecule is CCC(C)C(C)(CC(C)C)C(=O)Oc1cc(C(F)(F)F)cc(C(F)(F)F)c1. The number of rotatable bonds is 6. The Morgan fingerprint density at radius 2 is 1.41 bits per heavy atom. The first-order valence-electron chi connectivity index (χ1n) is 8.63. The van der Waals surface area contributed by atoms with E-state index in [1.165, 1.54) is 0 Å². The molecular formula is C19H24F6O2. The topological polar surface area (TPSA) is 26.3 Å². The molecule has 0 saturated heterocycles. The summed E-state index contributed by atoms with van der Waals surface area (Å²) in [6, 6.07) is 0.832. The summed E-state index contributed by atoms with van der Waals surface area (Å²) in [7, 11) is 0. The largest absolute Gasteiger partial charge is 0.426 e. The monoisotopic (exact) mass is 398 g/mol. The van der Waals surface area contributed by atoms with Crippen molar-refractivity contribution < 1.29 is 35.9 Å². The van der Waals surface area contributed by atoms with Gasteiger partial charge in [-0.15, -0.1) is 0 Å². The van der Waals surface area contributed by atoms with Crippen molar-refractivity contribution in [2.24, 2.45) is 17.3 Å². The van der Waals surface area contributed by atoms with Gasteiger partial charge in [0.25, 0.3) is 0 Å². The lowest BCUT2D eigenvalue weighted by Gasteiger charge is -2.34. The predicted molar refractivity (Wildman–Crippen MR) is 89.1 cm³/mol. The maximum atomic E-state index is 13.0. The second-order valence-corrected chi connectivity index (χ2v) is 7.46. The molecule has 1 rings (SSSR count). The molecule has 2 unspecified atom stereocenters. The highest BCUT2D eigenvalue weighted by Gasteiger charge is 2.42. The fourth-order valence-electron chi connectivity index (χ4n) is 2.99. The van der Waals surface area contributed by atoms with Crippen LogP contribution in [-0.4, -0.2) is 5.97 Å². The lowest BCUT2D eigenvalue weighted by Crippen LogP contribution is -2.39. The highest BCUT2D eigenvalue weighted by Crippen LogP contribution is 2.41. The Bertz CT molecular complexity index is 631. The molecule has 0 amide bonds. The van der Waals surface area contributed by atoms with E-state index in [9.17, 15) is 31.1 Å². The summed E-state index contributed by atoms with van der Waals surface area (Å²) in [5.41, 5.74) is -4.07. The Morgan fingerprint density at radius 1 is 0.963 bits per heavy atom. The first kappa shape index (κ1) is 23.3. The summed E-state index contributed by atoms with van der Waals surface area (Å²) in [4.78, 5) is 12.7. The van der Waals surface area contributed by atoms with Crippen LogP contribution in [0.5, 0.6) is 5.75 Å². The molecule has 0 N–H and O–H groups in total. The Balaban J connectivity index is 3.34. The highest BCUT2D eigenvalue weighted by molar-refractivity contribution is 5.79. The summed E-state index contributed by atoms with van der Waals surface area (Å²) in [5.74, 6) is -1.68. The third-order valence-electron chi connectivity index (χ3n) is 4.77. The number of carbonyl (C=O) groups excluding carboxylic acids is 1. The van der Waals surface area contributed by atoms with Crippen molar-refractivity contribution in [2.45, 2.75) is 59.8 Å². The number of halogens is 6. The quantitative estimate of drug-likeness (QED) is 0.302. The van der Waals surface area contributed by atoms with E-state index in [0.717, 1.165) is 0 Å². The van der Waals surface area contributed by atoms with Gasteiger partial charge in [-0.3, -0.25) is 4.79 Å². The number of carbonyl (C=O) groups is 1. The molecule has 0 bridgehead atoms. The van der Waals surface area contributed by atoms with Crippen LogP contribution < -0.4 is 4.74 Å². The molecule has 0 aromatic heterocycles. The van der Waals surface area contributed by atoms with Crippen LogP contribution in [0.25, 0.3) is 0 Å². The van der Waals surface area contributed by atoms with Crippen molar-refractivity contribution >= 4 is 5.97 Å². The van der Waals surface area contributed by atoms with Gasteiger partial charge in [0, 0.05) is 0 Å². The fourth-order valence-corrected chi connectivity index (χ4v) is 2.99. The van der Waals surface area contributed by atoms with E-state index in [2.05, 4.69) is 0 Å². The van der Waals surface area contributed by atoms with Gasteiger partial charge in [0.1, 0.15) is 5.75 Å². The predicted octanol–water partition coefficient (Wildman–Crippen LogP) is 6.73. The maximum absolute atomic E-state index is 13.0. The standard InChI is InChI=1S/C19H24F6O2/c1-6-12(4)17(5,10-11(2)3)16(26)27-15-8-13(18(20,21)22)7-14(9-15)19(23,24)25/h7-9,11-12H,6,10H2,1-5H3. The second kappa shape index (κ2) is 8.10. The third-order valence-corrected chi connectivity index (χ3v) is 4.77. The average molecular weight is 398 g/mol. The number of hydrogen-bond acceptors (Lipinski definition) is 2. The van der Waals surface area contributed by atoms with Crippen molar-refractivity contribution in [1.82, 2.24) is 0 Å². The molecule has 1 aromatic carbocycles. The van der Waals surface area contributed by atoms with Crippen LogP contribution in [0.15, 0.2) is 18.2 Å². The molecule has 0 saturated carbocycles. The molecule has 0 aliphatic carbocycles. The molecule has 154 valence electrons. The summed E-state index contributed by atoms with van der Waals surface area (Å²) in [5, 5.41) is 0. The second-order valence-electron chi connectivity index (χ2n) is 7.46. The zero-order valence-electron chi connectivity index (χ0n) is 15.9. The van der Waals surface area contributed by atoms with E-state index in [0.29, 0.717) is 25.0 Å². The van der Waals surface area contributed by atoms with Gasteiger partial charge < -0.3 is 4.74 Å². The van der Waals surface area contributed by atoms with Crippen LogP contribution in [0.2, 0.25) is 0 Å². The van der Waals surface area contributed by atoms with Gasteiger partial charge in [-0.2, -0.15) is 26.3 Å². The smallest absolute Gasteiger partial charge is 0.416 e. The van der Waals surface area contributed by atoms with Crippen molar-refractivity contribution in [3.05, 3.63) is 29.3 Å². The summed E-state index contributed by atoms with van der Waals surface area (Å²) in [6.45, 7) is 9.03. The van der Waals surface area contributed by atoms with Crippen LogP contribution in [0.4, 0.5) is 26.3 Å². The lowest BCUT2D eigenvalue weighted by atomic mass is 9.71. The Morgan fingerprint density at radius 3 is 1.74 bits per heavy atom. The van der Waals surface area contributed by atoms with E-state index < -0.39 is 40.6 Å². The first-order valence-corrected chi connectivity index (χ1v) is 8.63. The molecule has 8 heteroatoms. The zero-order valence-corrected chi connectivity index (χ0v) is 15.9. The summed E-state index contributed by atoms with van der Waals surface area (Å²) < 4.78 is 82.8. The molecule has 2 nitrogen and oxygen atoms in total. The Labute approximate surface area is 154 Å². The minimum Gasteiger partial charge on any atom is -0.426 e. The van der Waals surface area contributed by atoms with Crippen molar-refractivity contribution in [1.29, 1.82) is 0 Å². The van der Waals surface area contributed by atoms with Gasteiger partial charge >= 0.3 is 18.3 Å². The molecule has 0 spiro atoms. The van der Waals surface area contributed by atoms with E-state index in [1.807, 2.05) is 20.8 Å². The third kappa shape index (κ3) is 5.87. The van der Waals surface area contributed by atoms with Crippen molar-refractivity contribution in [3.8, 4) is 5.75 Å². The lowest BCUT2D eigenvalue weighted by molar-refractivity contribution is -0.151. The van der Waals surface area contributed by atoms with E-state index in [-0.39, 0.29) is 17.9 Å². The number of ether oxygens (including phenoxy) is 1. The van der Waals surface area contributed by atoms with Crippen LogP contribution in [0.1, 0.15) is 58.6 Å². The van der Waals surface area contributed by atoms with E-state index >= 15 is 0 Å². The number of esters is 1. The van der Waals surface area contributed by atoms with Crippen LogP contribution in [0, 0.1) is 17.3 Å². The van der Waals surface area contributed by atoms with E-state index in [1.54, 1.807) is 13.8 Å². The van der Waals surface area contributed by atoms with Gasteiger partial charge in [0.05, 0.1) is 16.5 Å². The Hall–Kier alpha value is -1.73. The molecule has 0 aliphatic heterocycles. The summed E-state index contributed by atoms with van der Waals surface area (Å²) in [6.07, 6.45) is -9.00. The zero-order chi connectivity index (χ0) is 21.2. The van der Waals surface area contributed by atoms with Crippen molar-refractivity contribution in [2.75, 3.05) is 0 Å². The molecule has 0 heterocycles. The van der Waals surface area contributed by atoms with Crippen molar-refractivity contribution in [3.63, 3.8) is 0 Å². The van der Waals surface area contributed by atoms with E-state index in [4.69, 9.17) is 4.74 Å². The van der Waals surface area contributed by atoms with Gasteiger partial charge in [-0.05, 0) is 43.4 Å². The molecule has 0 fully saturated rings. The Kier molecular flexibility index (Phi) is 7.00. The minimum absolute atomic E-state index is 0.000676. The molecular weight excluding hydrogens is 374 g/mol. The number of benzene rings is 1. The molecule has 1 aromatic rings. The van der Waals surface area contributed by atoms with Gasteiger partial charge in [0.15, 0.2) is 0 Å². The summed E-state index contributed by atoms with van der Waals surface area (Å²) >= 11 is 0. The molecule has 0 aliphatic rings. The van der Waals surface area contributed by atoms with Crippen LogP contribution in [0.3, 0.4) is 0 Å². The van der Waals surface area contributed by atoms with Crippen LogP contribution >= 0.6 is 0 Å². The first-order chi connectivity index (χ1) is 12.1. The van der Waals surface area contributed by atoms with Crippen LogP contribution in [-0.2, 0) is 17.1 Å². The van der Waals surface area contributed by atoms with Gasteiger partial charge in [0.2, 0.25) is 0 Å². The molecule has 27 heavy (non-hydrogen) atoms. The highest BCUT2D eigenvalue weighted by atomic mass is 19.4. The maximum Gasteiger partial charge on any atom is 0.416 e. The average Bonchev–Trinajstić information content (AvgIpc) is 2.51. The fraction of sp³-hybridized carbons (Fsp3) is 0.632. The van der Waals surface area contributed by atoms with Gasteiger partial charge in [-0.1, -0.05) is 34.1 Å².